The molecule has 0 saturated heterocycles. The third kappa shape index (κ3) is 4.88. The standard InChI is InChI=1S/C20H24N2O4S2/c1-6-11(2)13-7-9-14(10-8-13)21-20(27)22-17-15(18(23)25-4)12(3)16(28-17)19(24)26-5/h7-11H,6H2,1-5H3,(H2,21,22,27). The van der Waals surface area contributed by atoms with Gasteiger partial charge in [-0.25, -0.2) is 9.59 Å². The van der Waals surface area contributed by atoms with Crippen molar-refractivity contribution in [2.75, 3.05) is 24.9 Å². The Labute approximate surface area is 174 Å². The van der Waals surface area contributed by atoms with Gasteiger partial charge in [0.25, 0.3) is 0 Å². The van der Waals surface area contributed by atoms with Crippen molar-refractivity contribution in [3.63, 3.8) is 0 Å². The van der Waals surface area contributed by atoms with Crippen LogP contribution in [-0.4, -0.2) is 31.3 Å². The Balaban J connectivity index is 2.21. The molecule has 2 aromatic rings. The van der Waals surface area contributed by atoms with Gasteiger partial charge in [-0.3, -0.25) is 0 Å². The Morgan fingerprint density at radius 1 is 1.11 bits per heavy atom. The SMILES string of the molecule is CCC(C)c1ccc(NC(=S)Nc2sc(C(=O)OC)c(C)c2C(=O)OC)cc1. The minimum atomic E-state index is -0.549. The highest BCUT2D eigenvalue weighted by atomic mass is 32.1. The van der Waals surface area contributed by atoms with E-state index in [1.807, 2.05) is 12.1 Å². The van der Waals surface area contributed by atoms with E-state index in [0.29, 0.717) is 26.5 Å². The number of hydrogen-bond donors (Lipinski definition) is 2. The van der Waals surface area contributed by atoms with Gasteiger partial charge in [-0.1, -0.05) is 26.0 Å². The molecule has 0 spiro atoms. The molecule has 1 unspecified atom stereocenters. The van der Waals surface area contributed by atoms with Crippen LogP contribution in [0.4, 0.5) is 10.7 Å². The molecule has 0 aliphatic carbocycles. The van der Waals surface area contributed by atoms with Crippen molar-refractivity contribution in [3.8, 4) is 0 Å². The Morgan fingerprint density at radius 3 is 2.25 bits per heavy atom. The van der Waals surface area contributed by atoms with Gasteiger partial charge in [-0.15, -0.1) is 11.3 Å². The van der Waals surface area contributed by atoms with Crippen molar-refractivity contribution >= 4 is 51.3 Å². The fraction of sp³-hybridized carbons (Fsp3) is 0.350. The third-order valence-electron chi connectivity index (χ3n) is 4.48. The summed E-state index contributed by atoms with van der Waals surface area (Å²) in [6.07, 6.45) is 1.07. The number of thiocarbonyl (C=S) groups is 1. The molecule has 6 nitrogen and oxygen atoms in total. The molecule has 0 amide bonds. The van der Waals surface area contributed by atoms with E-state index in [1.165, 1.54) is 19.8 Å². The highest BCUT2D eigenvalue weighted by Gasteiger charge is 2.26. The lowest BCUT2D eigenvalue weighted by atomic mass is 9.99. The molecule has 0 fully saturated rings. The molecule has 150 valence electrons. The van der Waals surface area contributed by atoms with Crippen LogP contribution in [-0.2, 0) is 9.47 Å². The summed E-state index contributed by atoms with van der Waals surface area (Å²) in [5.41, 5.74) is 2.85. The molecule has 0 bridgehead atoms. The summed E-state index contributed by atoms with van der Waals surface area (Å²) in [5, 5.41) is 6.82. The summed E-state index contributed by atoms with van der Waals surface area (Å²) in [6, 6.07) is 8.03. The van der Waals surface area contributed by atoms with Crippen LogP contribution in [0, 0.1) is 6.92 Å². The van der Waals surface area contributed by atoms with Gasteiger partial charge in [-0.05, 0) is 54.7 Å². The molecule has 2 rings (SSSR count). The number of benzene rings is 1. The molecular weight excluding hydrogens is 396 g/mol. The molecule has 2 N–H and O–H groups in total. The molecule has 1 aromatic heterocycles. The van der Waals surface area contributed by atoms with Crippen LogP contribution in [0.25, 0.3) is 0 Å². The lowest BCUT2D eigenvalue weighted by Crippen LogP contribution is -2.20. The van der Waals surface area contributed by atoms with Gasteiger partial charge < -0.3 is 20.1 Å². The van der Waals surface area contributed by atoms with Gasteiger partial charge in [0.1, 0.15) is 9.88 Å². The first-order chi connectivity index (χ1) is 13.3. The van der Waals surface area contributed by atoms with Crippen molar-refractivity contribution < 1.29 is 19.1 Å². The number of hydrogen-bond acceptors (Lipinski definition) is 6. The van der Waals surface area contributed by atoms with Crippen molar-refractivity contribution in [3.05, 3.63) is 45.8 Å². The van der Waals surface area contributed by atoms with Crippen molar-refractivity contribution in [1.82, 2.24) is 0 Å². The van der Waals surface area contributed by atoms with E-state index in [2.05, 4.69) is 36.6 Å². The predicted molar refractivity (Wildman–Crippen MR) is 117 cm³/mol. The van der Waals surface area contributed by atoms with Crippen molar-refractivity contribution in [2.45, 2.75) is 33.1 Å². The van der Waals surface area contributed by atoms with Crippen LogP contribution in [0.2, 0.25) is 0 Å². The second-order valence-electron chi connectivity index (χ2n) is 6.25. The molecule has 1 aromatic carbocycles. The zero-order valence-electron chi connectivity index (χ0n) is 16.5. The molecule has 0 saturated carbocycles. The van der Waals surface area contributed by atoms with Crippen LogP contribution in [0.15, 0.2) is 24.3 Å². The largest absolute Gasteiger partial charge is 0.465 e. The van der Waals surface area contributed by atoms with E-state index >= 15 is 0 Å². The molecular formula is C20H24N2O4S2. The molecule has 0 radical (unpaired) electrons. The van der Waals surface area contributed by atoms with Crippen LogP contribution in [0.5, 0.6) is 0 Å². The fourth-order valence-electron chi connectivity index (χ4n) is 2.63. The van der Waals surface area contributed by atoms with E-state index in [1.54, 1.807) is 6.92 Å². The summed E-state index contributed by atoms with van der Waals surface area (Å²) >= 11 is 6.47. The Bertz CT molecular complexity index is 875. The van der Waals surface area contributed by atoms with Crippen LogP contribution in [0.3, 0.4) is 0 Å². The smallest absolute Gasteiger partial charge is 0.348 e. The predicted octanol–water partition coefficient (Wildman–Crippen LogP) is 4.95. The summed E-state index contributed by atoms with van der Waals surface area (Å²) < 4.78 is 9.62. The number of anilines is 2. The van der Waals surface area contributed by atoms with Gasteiger partial charge in [0.05, 0.1) is 19.8 Å². The maximum atomic E-state index is 12.2. The summed E-state index contributed by atoms with van der Waals surface area (Å²) in [7, 11) is 2.58. The molecule has 1 heterocycles. The van der Waals surface area contributed by atoms with Gasteiger partial charge in [0.15, 0.2) is 5.11 Å². The maximum absolute atomic E-state index is 12.2. The number of carbonyl (C=O) groups excluding carboxylic acids is 2. The first-order valence-electron chi connectivity index (χ1n) is 8.80. The first-order valence-corrected chi connectivity index (χ1v) is 10.0. The zero-order valence-corrected chi connectivity index (χ0v) is 18.2. The number of methoxy groups -OCH3 is 2. The average Bonchev–Trinajstić information content (AvgIpc) is 3.02. The lowest BCUT2D eigenvalue weighted by Gasteiger charge is -2.13. The van der Waals surface area contributed by atoms with E-state index in [0.717, 1.165) is 23.4 Å². The first kappa shape index (κ1) is 21.8. The van der Waals surface area contributed by atoms with Crippen molar-refractivity contribution in [2.24, 2.45) is 0 Å². The number of rotatable bonds is 6. The van der Waals surface area contributed by atoms with E-state index in [4.69, 9.17) is 21.7 Å². The van der Waals surface area contributed by atoms with Gasteiger partial charge in [0, 0.05) is 5.69 Å². The van der Waals surface area contributed by atoms with Gasteiger partial charge >= 0.3 is 11.9 Å². The second kappa shape index (κ2) is 9.66. The Morgan fingerprint density at radius 2 is 1.71 bits per heavy atom. The van der Waals surface area contributed by atoms with Crippen LogP contribution >= 0.6 is 23.6 Å². The number of ether oxygens (including phenoxy) is 2. The molecule has 28 heavy (non-hydrogen) atoms. The van der Waals surface area contributed by atoms with Crippen LogP contribution < -0.4 is 10.6 Å². The summed E-state index contributed by atoms with van der Waals surface area (Å²) in [6.45, 7) is 6.01. The minimum absolute atomic E-state index is 0.268. The van der Waals surface area contributed by atoms with Gasteiger partial charge in [-0.2, -0.15) is 0 Å². The van der Waals surface area contributed by atoms with Crippen molar-refractivity contribution in [1.29, 1.82) is 0 Å². The minimum Gasteiger partial charge on any atom is -0.465 e. The summed E-state index contributed by atoms with van der Waals surface area (Å²) in [5.74, 6) is -0.570. The second-order valence-corrected chi connectivity index (χ2v) is 7.68. The number of thiophene rings is 1. The zero-order chi connectivity index (χ0) is 20.8. The number of nitrogens with one attached hydrogen (secondary N) is 2. The summed E-state index contributed by atoms with van der Waals surface area (Å²) in [4.78, 5) is 24.5. The molecule has 0 aliphatic heterocycles. The highest BCUT2D eigenvalue weighted by molar-refractivity contribution is 7.80. The Kier molecular flexibility index (Phi) is 7.53. The quantitative estimate of drug-likeness (QED) is 0.506. The lowest BCUT2D eigenvalue weighted by molar-refractivity contribution is 0.0601. The van der Waals surface area contributed by atoms with Gasteiger partial charge in [0.2, 0.25) is 0 Å². The topological polar surface area (TPSA) is 76.7 Å². The number of esters is 2. The fourth-order valence-corrected chi connectivity index (χ4v) is 4.03. The molecule has 0 aliphatic rings. The van der Waals surface area contributed by atoms with E-state index in [-0.39, 0.29) is 5.56 Å². The Hall–Kier alpha value is -2.45. The molecule has 1 atom stereocenters. The highest BCUT2D eigenvalue weighted by Crippen LogP contribution is 2.34. The monoisotopic (exact) mass is 420 g/mol. The third-order valence-corrected chi connectivity index (χ3v) is 5.88. The molecule has 8 heteroatoms. The van der Waals surface area contributed by atoms with Crippen LogP contribution in [0.1, 0.15) is 57.3 Å². The average molecular weight is 421 g/mol. The van der Waals surface area contributed by atoms with E-state index < -0.39 is 11.9 Å². The number of carbonyl (C=O) groups is 2. The normalized spacial score (nSPS) is 11.5. The maximum Gasteiger partial charge on any atom is 0.348 e. The van der Waals surface area contributed by atoms with E-state index in [9.17, 15) is 9.59 Å².